The Morgan fingerprint density at radius 1 is 0.917 bits per heavy atom. The minimum atomic E-state index is -0.275. The van der Waals surface area contributed by atoms with Gasteiger partial charge >= 0.3 is 0 Å². The van der Waals surface area contributed by atoms with Crippen LogP contribution in [0.5, 0.6) is 0 Å². The molecule has 1 saturated heterocycles. The molecule has 6 atom stereocenters. The van der Waals surface area contributed by atoms with Crippen LogP contribution in [0.4, 0.5) is 0 Å². The van der Waals surface area contributed by atoms with Gasteiger partial charge in [0.05, 0.1) is 13.2 Å². The zero-order chi connectivity index (χ0) is 16.6. The Hall–Kier alpha value is -0.410. The maximum Gasteiger partial charge on any atom is 0.174 e. The Morgan fingerprint density at radius 2 is 1.67 bits per heavy atom. The normalized spacial score (nSPS) is 52.8. The van der Waals surface area contributed by atoms with Crippen molar-refractivity contribution in [2.75, 3.05) is 13.2 Å². The molecule has 3 heteroatoms. The number of fused-ring (bicyclic) bond motifs is 6. The topological polar surface area (TPSA) is 35.5 Å². The Labute approximate surface area is 145 Å². The second-order valence-electron chi connectivity index (χ2n) is 9.84. The van der Waals surface area contributed by atoms with Crippen molar-refractivity contribution in [3.8, 4) is 0 Å². The average Bonchev–Trinajstić information content (AvgIpc) is 3.15. The molecule has 5 rings (SSSR count). The van der Waals surface area contributed by atoms with Gasteiger partial charge in [-0.25, -0.2) is 0 Å². The van der Waals surface area contributed by atoms with Gasteiger partial charge in [0, 0.05) is 24.7 Å². The van der Waals surface area contributed by atoms with Crippen molar-refractivity contribution in [1.29, 1.82) is 0 Å². The van der Waals surface area contributed by atoms with Gasteiger partial charge in [0.15, 0.2) is 5.79 Å². The van der Waals surface area contributed by atoms with Crippen LogP contribution in [-0.4, -0.2) is 24.8 Å². The zero-order valence-electron chi connectivity index (χ0n) is 15.3. The molecule has 0 radical (unpaired) electrons. The van der Waals surface area contributed by atoms with Crippen LogP contribution in [0.3, 0.4) is 0 Å². The molecule has 0 N–H and O–H groups in total. The van der Waals surface area contributed by atoms with E-state index in [-0.39, 0.29) is 11.2 Å². The first-order chi connectivity index (χ1) is 11.5. The van der Waals surface area contributed by atoms with Crippen molar-refractivity contribution >= 4 is 5.78 Å². The first kappa shape index (κ1) is 15.8. The fraction of sp³-hybridized carbons (Fsp3) is 0.952. The smallest absolute Gasteiger partial charge is 0.174 e. The number of ketones is 1. The molecule has 4 saturated carbocycles. The maximum absolute atomic E-state index is 12.0. The van der Waals surface area contributed by atoms with E-state index in [1.807, 2.05) is 0 Å². The summed E-state index contributed by atoms with van der Waals surface area (Å²) in [6.07, 6.45) is 10.3. The summed E-state index contributed by atoms with van der Waals surface area (Å²) in [6, 6.07) is 0. The average molecular weight is 332 g/mol. The summed E-state index contributed by atoms with van der Waals surface area (Å²) in [5.74, 6) is 3.29. The van der Waals surface area contributed by atoms with E-state index in [2.05, 4.69) is 13.8 Å². The molecule has 3 nitrogen and oxygen atoms in total. The molecule has 1 heterocycles. The molecule has 134 valence electrons. The fourth-order valence-corrected chi connectivity index (χ4v) is 7.93. The lowest BCUT2D eigenvalue weighted by molar-refractivity contribution is -0.246. The van der Waals surface area contributed by atoms with E-state index < -0.39 is 0 Å². The number of carbonyl (C=O) groups excluding carboxylic acids is 1. The third kappa shape index (κ3) is 1.84. The quantitative estimate of drug-likeness (QED) is 0.662. The summed E-state index contributed by atoms with van der Waals surface area (Å²) >= 11 is 0. The van der Waals surface area contributed by atoms with Crippen molar-refractivity contribution in [2.45, 2.75) is 77.4 Å². The lowest BCUT2D eigenvalue weighted by atomic mass is 9.45. The first-order valence-corrected chi connectivity index (χ1v) is 10.3. The van der Waals surface area contributed by atoms with E-state index in [4.69, 9.17) is 9.47 Å². The molecule has 1 spiro atoms. The molecule has 0 aromatic heterocycles. The van der Waals surface area contributed by atoms with Crippen molar-refractivity contribution < 1.29 is 14.3 Å². The van der Waals surface area contributed by atoms with Gasteiger partial charge in [0.1, 0.15) is 5.78 Å². The Bertz CT molecular complexity index is 551. The molecule has 0 aromatic rings. The molecule has 4 aliphatic carbocycles. The summed E-state index contributed by atoms with van der Waals surface area (Å²) in [7, 11) is 0. The van der Waals surface area contributed by atoms with Gasteiger partial charge in [-0.3, -0.25) is 4.79 Å². The molecule has 0 unspecified atom stereocenters. The van der Waals surface area contributed by atoms with Gasteiger partial charge in [-0.05, 0) is 67.6 Å². The third-order valence-electron chi connectivity index (χ3n) is 9.28. The molecule has 0 bridgehead atoms. The SMILES string of the molecule is C[C@]12CCC(=O)C[C@@H]1CC[C@H]1[C@H]3CCC4(OCCO4)[C@]3(C)CC[C@@H]12. The highest BCUT2D eigenvalue weighted by Gasteiger charge is 2.67. The maximum atomic E-state index is 12.0. The number of Topliss-reactive ketones (excluding diaryl/α,β-unsaturated/α-hetero) is 1. The van der Waals surface area contributed by atoms with E-state index in [1.165, 1.54) is 32.1 Å². The van der Waals surface area contributed by atoms with Crippen LogP contribution in [0.1, 0.15) is 71.6 Å². The van der Waals surface area contributed by atoms with Crippen molar-refractivity contribution in [2.24, 2.45) is 34.5 Å². The second-order valence-corrected chi connectivity index (χ2v) is 9.84. The number of carbonyl (C=O) groups is 1. The Kier molecular flexibility index (Phi) is 3.34. The summed E-state index contributed by atoms with van der Waals surface area (Å²) in [6.45, 7) is 6.54. The Morgan fingerprint density at radius 3 is 2.46 bits per heavy atom. The highest BCUT2D eigenvalue weighted by molar-refractivity contribution is 5.79. The van der Waals surface area contributed by atoms with Crippen molar-refractivity contribution in [1.82, 2.24) is 0 Å². The van der Waals surface area contributed by atoms with Gasteiger partial charge in [-0.2, -0.15) is 0 Å². The van der Waals surface area contributed by atoms with Gasteiger partial charge in [0.2, 0.25) is 0 Å². The molecule has 0 aromatic carbocycles. The standard InChI is InChI=1S/C21H32O3/c1-19-8-5-15(22)13-14(19)3-4-16-17(19)6-9-20(2)18(16)7-10-21(20)23-11-12-24-21/h14,16-18H,3-13H2,1-2H3/t14-,16+,17-,18+,19-,20+/m0/s1. The first-order valence-electron chi connectivity index (χ1n) is 10.3. The second kappa shape index (κ2) is 5.07. The van der Waals surface area contributed by atoms with E-state index in [0.29, 0.717) is 17.1 Å². The van der Waals surface area contributed by atoms with Crippen LogP contribution in [0, 0.1) is 34.5 Å². The molecule has 5 aliphatic rings. The van der Waals surface area contributed by atoms with Crippen molar-refractivity contribution in [3.63, 3.8) is 0 Å². The van der Waals surface area contributed by atoms with E-state index in [1.54, 1.807) is 0 Å². The van der Waals surface area contributed by atoms with E-state index >= 15 is 0 Å². The van der Waals surface area contributed by atoms with Gasteiger partial charge < -0.3 is 9.47 Å². The molecular formula is C21H32O3. The molecule has 1 aliphatic heterocycles. The van der Waals surface area contributed by atoms with Crippen molar-refractivity contribution in [3.05, 3.63) is 0 Å². The van der Waals surface area contributed by atoms with Crippen LogP contribution in [0.25, 0.3) is 0 Å². The number of rotatable bonds is 0. The minimum absolute atomic E-state index is 0.207. The fourth-order valence-electron chi connectivity index (χ4n) is 7.93. The molecule has 0 amide bonds. The summed E-state index contributed by atoms with van der Waals surface area (Å²) < 4.78 is 12.5. The van der Waals surface area contributed by atoms with E-state index in [9.17, 15) is 4.79 Å². The summed E-state index contributed by atoms with van der Waals surface area (Å²) in [5.41, 5.74) is 0.615. The summed E-state index contributed by atoms with van der Waals surface area (Å²) in [5, 5.41) is 0. The van der Waals surface area contributed by atoms with Crippen LogP contribution in [0.2, 0.25) is 0 Å². The summed E-state index contributed by atoms with van der Waals surface area (Å²) in [4.78, 5) is 12.0. The number of hydrogen-bond acceptors (Lipinski definition) is 3. The molecule has 24 heavy (non-hydrogen) atoms. The zero-order valence-corrected chi connectivity index (χ0v) is 15.3. The number of ether oxygens (including phenoxy) is 2. The third-order valence-corrected chi connectivity index (χ3v) is 9.28. The highest BCUT2D eigenvalue weighted by atomic mass is 16.7. The monoisotopic (exact) mass is 332 g/mol. The largest absolute Gasteiger partial charge is 0.347 e. The van der Waals surface area contributed by atoms with Crippen LogP contribution in [-0.2, 0) is 14.3 Å². The van der Waals surface area contributed by atoms with Gasteiger partial charge in [-0.15, -0.1) is 0 Å². The Balaban J connectivity index is 1.46. The minimum Gasteiger partial charge on any atom is -0.347 e. The number of hydrogen-bond donors (Lipinski definition) is 0. The predicted molar refractivity (Wildman–Crippen MR) is 91.4 cm³/mol. The van der Waals surface area contributed by atoms with Gasteiger partial charge in [-0.1, -0.05) is 13.8 Å². The lowest BCUT2D eigenvalue weighted by Crippen LogP contribution is -2.56. The van der Waals surface area contributed by atoms with Crippen LogP contribution >= 0.6 is 0 Å². The van der Waals surface area contributed by atoms with Crippen LogP contribution < -0.4 is 0 Å². The molecule has 5 fully saturated rings. The lowest BCUT2D eigenvalue weighted by Gasteiger charge is -2.60. The van der Waals surface area contributed by atoms with E-state index in [0.717, 1.165) is 56.7 Å². The van der Waals surface area contributed by atoms with Gasteiger partial charge in [0.25, 0.3) is 0 Å². The predicted octanol–water partition coefficient (Wildman–Crippen LogP) is 4.34. The van der Waals surface area contributed by atoms with Crippen LogP contribution in [0.15, 0.2) is 0 Å². The highest BCUT2D eigenvalue weighted by Crippen LogP contribution is 2.69. The molecular weight excluding hydrogens is 300 g/mol.